The fourth-order valence-corrected chi connectivity index (χ4v) is 4.32. The molecule has 0 spiro atoms. The van der Waals surface area contributed by atoms with Crippen LogP contribution in [0.3, 0.4) is 0 Å². The molecule has 0 saturated heterocycles. The number of pyridine rings is 1. The molecule has 8 nitrogen and oxygen atoms in total. The lowest BCUT2D eigenvalue weighted by Crippen LogP contribution is -2.37. The lowest BCUT2D eigenvalue weighted by atomic mass is 10.0. The lowest BCUT2D eigenvalue weighted by molar-refractivity contribution is 0.365. The van der Waals surface area contributed by atoms with Crippen molar-refractivity contribution in [2.24, 2.45) is 0 Å². The van der Waals surface area contributed by atoms with Gasteiger partial charge in [-0.25, -0.2) is 13.9 Å². The van der Waals surface area contributed by atoms with Gasteiger partial charge in [-0.1, -0.05) is 20.4 Å². The van der Waals surface area contributed by atoms with Crippen LogP contribution < -0.4 is 4.90 Å². The molecule has 0 saturated carbocycles. The summed E-state index contributed by atoms with van der Waals surface area (Å²) in [6.07, 6.45) is 2.42. The molecule has 1 aliphatic heterocycles. The normalized spacial score (nSPS) is 17.8. The van der Waals surface area contributed by atoms with Gasteiger partial charge in [0.1, 0.15) is 6.04 Å². The molecule has 0 fully saturated rings. The molecule has 0 bridgehead atoms. The van der Waals surface area contributed by atoms with Gasteiger partial charge in [-0.15, -0.1) is 23.6 Å². The molecule has 12 heteroatoms. The van der Waals surface area contributed by atoms with Crippen LogP contribution in [-0.4, -0.2) is 36.3 Å². The highest BCUT2D eigenvalue weighted by Crippen LogP contribution is 2.38. The second-order valence-corrected chi connectivity index (χ2v) is 9.61. The van der Waals surface area contributed by atoms with Crippen molar-refractivity contribution in [2.75, 3.05) is 11.4 Å². The lowest BCUT2D eigenvalue weighted by Gasteiger charge is -2.32. The zero-order chi connectivity index (χ0) is 20.1. The second-order valence-electron chi connectivity index (χ2n) is 6.82. The first-order chi connectivity index (χ1) is 14.0. The second kappa shape index (κ2) is 7.39. The summed E-state index contributed by atoms with van der Waals surface area (Å²) in [4.78, 5) is 9.68. The fourth-order valence-electron chi connectivity index (χ4n) is 3.68. The van der Waals surface area contributed by atoms with Gasteiger partial charge in [0.25, 0.3) is 5.89 Å². The minimum Gasteiger partial charge on any atom is -0.404 e. The molecule has 150 valence electrons. The van der Waals surface area contributed by atoms with E-state index in [4.69, 9.17) is 9.52 Å². The number of imidazole rings is 1. The molecule has 1 aliphatic rings. The third kappa shape index (κ3) is 3.26. The number of nitrogens with zero attached hydrogens (tertiary/aromatic N) is 6. The van der Waals surface area contributed by atoms with Gasteiger partial charge in [-0.3, -0.25) is 0 Å². The van der Waals surface area contributed by atoms with Crippen LogP contribution in [0.1, 0.15) is 46.0 Å². The molecular formula is C17H19FN7OP3. The van der Waals surface area contributed by atoms with E-state index in [9.17, 15) is 4.39 Å². The Kier molecular flexibility index (Phi) is 4.85. The van der Waals surface area contributed by atoms with E-state index in [0.29, 0.717) is 6.54 Å². The summed E-state index contributed by atoms with van der Waals surface area (Å²) in [5.41, 5.74) is 4.75. The van der Waals surface area contributed by atoms with Gasteiger partial charge in [-0.05, 0) is 18.2 Å². The largest absolute Gasteiger partial charge is 0.404 e. The number of hydrogen-bond acceptors (Lipinski definition) is 6. The maximum absolute atomic E-state index is 13.6. The fraction of sp³-hybridized carbons (Fsp3) is 0.294. The van der Waals surface area contributed by atoms with E-state index in [1.165, 1.54) is 0 Å². The summed E-state index contributed by atoms with van der Waals surface area (Å²) in [7, 11) is 7.56. The van der Waals surface area contributed by atoms with Crippen molar-refractivity contribution >= 4 is 39.3 Å². The Morgan fingerprint density at radius 3 is 2.86 bits per heavy atom. The predicted octanol–water partition coefficient (Wildman–Crippen LogP) is 3.18. The molecule has 0 radical (unpaired) electrons. The summed E-state index contributed by atoms with van der Waals surface area (Å²) in [6, 6.07) is 8.05. The zero-order valence-corrected chi connectivity index (χ0v) is 18.7. The summed E-state index contributed by atoms with van der Waals surface area (Å²) in [5, 5.41) is 12.9. The van der Waals surface area contributed by atoms with Gasteiger partial charge in [0.05, 0.1) is 28.9 Å². The molecule has 5 heterocycles. The molecule has 5 atom stereocenters. The highest BCUT2D eigenvalue weighted by Gasteiger charge is 2.36. The van der Waals surface area contributed by atoms with E-state index >= 15 is 0 Å². The number of H-pyrrole nitrogens is 1. The van der Waals surface area contributed by atoms with Crippen LogP contribution in [0.5, 0.6) is 0 Å². The van der Waals surface area contributed by atoms with Crippen LogP contribution in [0.25, 0.3) is 5.52 Å². The third-order valence-corrected chi connectivity index (χ3v) is 5.96. The maximum atomic E-state index is 13.6. The Labute approximate surface area is 172 Å². The van der Waals surface area contributed by atoms with E-state index in [-0.39, 0.29) is 23.3 Å². The standard InChI is InChI=1S/C17H19FN7OP3/c18-14(27)15-21-22-17(26-15)24-5-4-9-12(20-7-19-9)13(24)10-6-8-2-1-3-11(16(28)29)25(8)23-10/h1-3,6-7,13-14,16H,4-5,27-29H2,(H,19,20)/t13-,14?/m0/s1. The molecule has 0 amide bonds. The number of anilines is 1. The highest BCUT2D eigenvalue weighted by atomic mass is 31.1. The third-order valence-electron chi connectivity index (χ3n) is 4.99. The van der Waals surface area contributed by atoms with E-state index in [1.54, 1.807) is 6.33 Å². The van der Waals surface area contributed by atoms with Crippen LogP contribution in [0.4, 0.5) is 10.4 Å². The topological polar surface area (TPSA) is 88.1 Å². The highest BCUT2D eigenvalue weighted by molar-refractivity contribution is 7.37. The number of hydrogen-bond donors (Lipinski definition) is 1. The molecule has 4 aromatic rings. The minimum atomic E-state index is -1.40. The smallest absolute Gasteiger partial charge is 0.319 e. The first-order valence-electron chi connectivity index (χ1n) is 9.04. The molecular weight excluding hydrogens is 430 g/mol. The van der Waals surface area contributed by atoms with Crippen molar-refractivity contribution in [3.05, 3.63) is 59.3 Å². The molecule has 0 aromatic carbocycles. The first kappa shape index (κ1) is 19.0. The summed E-state index contributed by atoms with van der Waals surface area (Å²) >= 11 is 0. The van der Waals surface area contributed by atoms with Crippen LogP contribution in [0, 0.1) is 0 Å². The zero-order valence-electron chi connectivity index (χ0n) is 15.2. The number of aromatic amines is 1. The van der Waals surface area contributed by atoms with Crippen molar-refractivity contribution < 1.29 is 8.81 Å². The van der Waals surface area contributed by atoms with Crippen molar-refractivity contribution in [2.45, 2.75) is 23.8 Å². The molecule has 4 unspecified atom stereocenters. The van der Waals surface area contributed by atoms with E-state index in [1.807, 2.05) is 42.9 Å². The van der Waals surface area contributed by atoms with Gasteiger partial charge in [-0.2, -0.15) is 5.10 Å². The number of alkyl halides is 1. The van der Waals surface area contributed by atoms with Crippen molar-refractivity contribution in [3.8, 4) is 0 Å². The van der Waals surface area contributed by atoms with E-state index in [0.717, 1.165) is 34.7 Å². The SMILES string of the molecule is FC(P)c1nnc(N2CCc3[nH]cnc3[C@@H]2c2cc3cccc(C(P)P)n3n2)o1. The van der Waals surface area contributed by atoms with Gasteiger partial charge in [0, 0.05) is 24.1 Å². The maximum Gasteiger partial charge on any atom is 0.319 e. The summed E-state index contributed by atoms with van der Waals surface area (Å²) in [5.74, 6) is -1.47. The van der Waals surface area contributed by atoms with Crippen LogP contribution in [0.2, 0.25) is 0 Å². The van der Waals surface area contributed by atoms with E-state index < -0.39 is 5.91 Å². The van der Waals surface area contributed by atoms with Crippen LogP contribution in [0.15, 0.2) is 35.0 Å². The summed E-state index contributed by atoms with van der Waals surface area (Å²) < 4.78 is 21.1. The van der Waals surface area contributed by atoms with Crippen LogP contribution >= 0.6 is 27.7 Å². The quantitative estimate of drug-likeness (QED) is 0.482. The van der Waals surface area contributed by atoms with Crippen molar-refractivity contribution in [1.29, 1.82) is 0 Å². The molecule has 0 aliphatic carbocycles. The number of halogens is 1. The predicted molar refractivity (Wildman–Crippen MR) is 117 cm³/mol. The Balaban J connectivity index is 1.65. The number of fused-ring (bicyclic) bond motifs is 2. The van der Waals surface area contributed by atoms with Crippen molar-refractivity contribution in [1.82, 2.24) is 29.8 Å². The average Bonchev–Trinajstić information content (AvgIpc) is 3.44. The molecule has 5 rings (SSSR count). The van der Waals surface area contributed by atoms with Gasteiger partial charge < -0.3 is 14.3 Å². The summed E-state index contributed by atoms with van der Waals surface area (Å²) in [6.45, 7) is 0.617. The van der Waals surface area contributed by atoms with Crippen LogP contribution in [-0.2, 0) is 6.42 Å². The number of rotatable bonds is 4. The van der Waals surface area contributed by atoms with E-state index in [2.05, 4.69) is 38.6 Å². The van der Waals surface area contributed by atoms with Crippen molar-refractivity contribution in [3.63, 3.8) is 0 Å². The first-order valence-corrected chi connectivity index (χ1v) is 11.0. The Morgan fingerprint density at radius 2 is 2.10 bits per heavy atom. The molecule has 4 aromatic heterocycles. The average molecular weight is 449 g/mol. The number of aromatic nitrogens is 6. The Morgan fingerprint density at radius 1 is 1.24 bits per heavy atom. The van der Waals surface area contributed by atoms with Gasteiger partial charge in [0.15, 0.2) is 5.91 Å². The van der Waals surface area contributed by atoms with Gasteiger partial charge >= 0.3 is 6.01 Å². The molecule has 1 N–H and O–H groups in total. The minimum absolute atomic E-state index is 0.0669. The number of nitrogens with one attached hydrogen (secondary N) is 1. The molecule has 29 heavy (non-hydrogen) atoms. The Bertz CT molecular complexity index is 1170. The monoisotopic (exact) mass is 449 g/mol. The Hall–Kier alpha value is -1.94. The van der Waals surface area contributed by atoms with Gasteiger partial charge in [0.2, 0.25) is 0 Å².